The van der Waals surface area contributed by atoms with Gasteiger partial charge in [0.05, 0.1) is 17.0 Å². The van der Waals surface area contributed by atoms with E-state index in [1.165, 1.54) is 25.7 Å². The lowest BCUT2D eigenvalue weighted by atomic mass is 10.1. The van der Waals surface area contributed by atoms with Crippen LogP contribution in [0.15, 0.2) is 21.9 Å². The van der Waals surface area contributed by atoms with E-state index >= 15 is 0 Å². The summed E-state index contributed by atoms with van der Waals surface area (Å²) in [6.07, 6.45) is 7.63. The lowest BCUT2D eigenvalue weighted by Crippen LogP contribution is -2.37. The number of carbonyl (C=O) groups is 1. The summed E-state index contributed by atoms with van der Waals surface area (Å²) in [5, 5.41) is 2.00. The van der Waals surface area contributed by atoms with Gasteiger partial charge in [0.15, 0.2) is 0 Å². The number of carbonyl (C=O) groups excluding carboxylic acids is 1. The Bertz CT molecular complexity index is 640. The van der Waals surface area contributed by atoms with Crippen LogP contribution in [-0.2, 0) is 11.2 Å². The first-order chi connectivity index (χ1) is 11.1. The highest BCUT2D eigenvalue weighted by Gasteiger charge is 2.23. The van der Waals surface area contributed by atoms with Crippen LogP contribution in [0.2, 0.25) is 0 Å². The predicted molar refractivity (Wildman–Crippen MR) is 92.5 cm³/mol. The van der Waals surface area contributed by atoms with E-state index in [-0.39, 0.29) is 5.91 Å². The zero-order chi connectivity index (χ0) is 16.2. The summed E-state index contributed by atoms with van der Waals surface area (Å²) in [6.45, 7) is 1.89. The molecule has 0 bridgehead atoms. The summed E-state index contributed by atoms with van der Waals surface area (Å²) in [7, 11) is 1.94. The number of thiophene rings is 1. The molecule has 4 nitrogen and oxygen atoms in total. The fraction of sp³-hybridized carbons (Fsp3) is 0.556. The van der Waals surface area contributed by atoms with E-state index in [9.17, 15) is 4.79 Å². The van der Waals surface area contributed by atoms with Crippen LogP contribution in [0.3, 0.4) is 0 Å². The number of aryl methyl sites for hydroxylation is 1. The number of amides is 1. The van der Waals surface area contributed by atoms with Gasteiger partial charge in [0.1, 0.15) is 5.76 Å². The van der Waals surface area contributed by atoms with Crippen molar-refractivity contribution in [2.75, 3.05) is 7.05 Å². The van der Waals surface area contributed by atoms with Crippen LogP contribution in [0.1, 0.15) is 50.0 Å². The van der Waals surface area contributed by atoms with Crippen LogP contribution in [0, 0.1) is 6.92 Å². The minimum atomic E-state index is 0.144. The molecule has 0 atom stereocenters. The third-order valence-electron chi connectivity index (χ3n) is 4.71. The van der Waals surface area contributed by atoms with Gasteiger partial charge in [-0.25, -0.2) is 4.98 Å². The van der Waals surface area contributed by atoms with Crippen molar-refractivity contribution in [1.29, 1.82) is 0 Å². The SMILES string of the molecule is Cc1oc(-c2cccs2)nc1CC(=O)N(C)C1CCCCCC1. The average molecular weight is 332 g/mol. The van der Waals surface area contributed by atoms with E-state index in [1.54, 1.807) is 11.3 Å². The Labute approximate surface area is 141 Å². The number of hydrogen-bond acceptors (Lipinski definition) is 4. The molecular formula is C18H24N2O2S. The average Bonchev–Trinajstić information content (AvgIpc) is 3.10. The Morgan fingerprint density at radius 1 is 1.35 bits per heavy atom. The first kappa shape index (κ1) is 16.2. The van der Waals surface area contributed by atoms with Crippen LogP contribution < -0.4 is 0 Å². The fourth-order valence-electron chi connectivity index (χ4n) is 3.21. The molecule has 2 aromatic heterocycles. The summed E-state index contributed by atoms with van der Waals surface area (Å²) < 4.78 is 5.73. The highest BCUT2D eigenvalue weighted by atomic mass is 32.1. The van der Waals surface area contributed by atoms with Gasteiger partial charge in [-0.1, -0.05) is 31.7 Å². The Hall–Kier alpha value is -1.62. The molecular weight excluding hydrogens is 308 g/mol. The number of rotatable bonds is 4. The highest BCUT2D eigenvalue weighted by Crippen LogP contribution is 2.27. The second-order valence-electron chi connectivity index (χ2n) is 6.33. The molecule has 3 rings (SSSR count). The first-order valence-corrected chi connectivity index (χ1v) is 9.29. The largest absolute Gasteiger partial charge is 0.440 e. The molecule has 0 unspecified atom stereocenters. The van der Waals surface area contributed by atoms with Crippen LogP contribution >= 0.6 is 11.3 Å². The van der Waals surface area contributed by atoms with Gasteiger partial charge >= 0.3 is 0 Å². The van der Waals surface area contributed by atoms with Crippen LogP contribution in [0.4, 0.5) is 0 Å². The van der Waals surface area contributed by atoms with E-state index in [4.69, 9.17) is 4.42 Å². The molecule has 2 aromatic rings. The van der Waals surface area contributed by atoms with E-state index in [0.29, 0.717) is 18.4 Å². The maximum Gasteiger partial charge on any atom is 0.236 e. The van der Waals surface area contributed by atoms with Crippen molar-refractivity contribution >= 4 is 17.2 Å². The van der Waals surface area contributed by atoms with Gasteiger partial charge in [0.2, 0.25) is 11.8 Å². The van der Waals surface area contributed by atoms with E-state index < -0.39 is 0 Å². The topological polar surface area (TPSA) is 46.3 Å². The number of nitrogens with zero attached hydrogens (tertiary/aromatic N) is 2. The molecule has 1 aliphatic rings. The minimum absolute atomic E-state index is 0.144. The molecule has 124 valence electrons. The summed E-state index contributed by atoms with van der Waals surface area (Å²) in [4.78, 5) is 20.1. The Kier molecular flexibility index (Phi) is 5.16. The number of oxazole rings is 1. The van der Waals surface area contributed by atoms with Crippen LogP contribution in [-0.4, -0.2) is 28.9 Å². The lowest BCUT2D eigenvalue weighted by molar-refractivity contribution is -0.131. The van der Waals surface area contributed by atoms with Crippen molar-refractivity contribution in [3.63, 3.8) is 0 Å². The maximum atomic E-state index is 12.6. The monoisotopic (exact) mass is 332 g/mol. The third-order valence-corrected chi connectivity index (χ3v) is 5.57. The normalized spacial score (nSPS) is 16.3. The summed E-state index contributed by atoms with van der Waals surface area (Å²) in [5.41, 5.74) is 0.763. The number of hydrogen-bond donors (Lipinski definition) is 0. The number of likely N-dealkylation sites (N-methyl/N-ethyl adjacent to an activating group) is 1. The molecule has 0 saturated heterocycles. The quantitative estimate of drug-likeness (QED) is 0.778. The zero-order valence-electron chi connectivity index (χ0n) is 13.9. The molecule has 2 heterocycles. The molecule has 0 aliphatic heterocycles. The molecule has 0 spiro atoms. The van der Waals surface area contributed by atoms with Gasteiger partial charge in [-0.3, -0.25) is 4.79 Å². The second kappa shape index (κ2) is 7.30. The van der Waals surface area contributed by atoms with E-state index in [1.807, 2.05) is 36.4 Å². The zero-order valence-corrected chi connectivity index (χ0v) is 14.7. The van der Waals surface area contributed by atoms with Gasteiger partial charge in [-0.05, 0) is 31.2 Å². The summed E-state index contributed by atoms with van der Waals surface area (Å²) in [6, 6.07) is 4.35. The van der Waals surface area contributed by atoms with Gasteiger partial charge in [0, 0.05) is 13.1 Å². The molecule has 1 amide bonds. The van der Waals surface area contributed by atoms with Crippen molar-refractivity contribution in [3.8, 4) is 10.8 Å². The molecule has 5 heteroatoms. The molecule has 1 saturated carbocycles. The highest BCUT2D eigenvalue weighted by molar-refractivity contribution is 7.13. The molecule has 0 radical (unpaired) electrons. The smallest absolute Gasteiger partial charge is 0.236 e. The van der Waals surface area contributed by atoms with Crippen molar-refractivity contribution < 1.29 is 9.21 Å². The number of aromatic nitrogens is 1. The van der Waals surface area contributed by atoms with Gasteiger partial charge in [0.25, 0.3) is 0 Å². The van der Waals surface area contributed by atoms with Crippen molar-refractivity contribution in [1.82, 2.24) is 9.88 Å². The molecule has 1 aliphatic carbocycles. The van der Waals surface area contributed by atoms with Crippen LogP contribution in [0.5, 0.6) is 0 Å². The van der Waals surface area contributed by atoms with Crippen LogP contribution in [0.25, 0.3) is 10.8 Å². The standard InChI is InChI=1S/C18H24N2O2S/c1-13-15(19-18(22-13)16-10-7-11-23-16)12-17(21)20(2)14-8-5-3-4-6-9-14/h7,10-11,14H,3-6,8-9,12H2,1-2H3. The predicted octanol–water partition coefficient (Wildman–Crippen LogP) is 4.44. The molecule has 1 fully saturated rings. The summed E-state index contributed by atoms with van der Waals surface area (Å²) >= 11 is 1.60. The van der Waals surface area contributed by atoms with Crippen molar-refractivity contribution in [2.45, 2.75) is 57.9 Å². The lowest BCUT2D eigenvalue weighted by Gasteiger charge is -2.27. The maximum absolute atomic E-state index is 12.6. The van der Waals surface area contributed by atoms with Gasteiger partial charge < -0.3 is 9.32 Å². The molecule has 23 heavy (non-hydrogen) atoms. The van der Waals surface area contributed by atoms with E-state index in [2.05, 4.69) is 4.98 Å². The Morgan fingerprint density at radius 2 is 2.09 bits per heavy atom. The van der Waals surface area contributed by atoms with Crippen molar-refractivity contribution in [3.05, 3.63) is 29.0 Å². The summed E-state index contributed by atoms with van der Waals surface area (Å²) in [5.74, 6) is 1.51. The minimum Gasteiger partial charge on any atom is -0.440 e. The first-order valence-electron chi connectivity index (χ1n) is 8.41. The van der Waals surface area contributed by atoms with Gasteiger partial charge in [-0.15, -0.1) is 11.3 Å². The van der Waals surface area contributed by atoms with Crippen molar-refractivity contribution in [2.24, 2.45) is 0 Å². The third kappa shape index (κ3) is 3.83. The second-order valence-corrected chi connectivity index (χ2v) is 7.27. The van der Waals surface area contributed by atoms with E-state index in [0.717, 1.165) is 29.2 Å². The molecule has 0 N–H and O–H groups in total. The fourth-order valence-corrected chi connectivity index (χ4v) is 3.86. The Morgan fingerprint density at radius 3 is 2.74 bits per heavy atom. The van der Waals surface area contributed by atoms with Gasteiger partial charge in [-0.2, -0.15) is 0 Å². The molecule has 0 aromatic carbocycles. The Balaban J connectivity index is 1.67.